The number of alkyl halides is 3. The summed E-state index contributed by atoms with van der Waals surface area (Å²) in [5.74, 6) is -3.75. The number of anilines is 2. The number of carboxylic acid groups (broad SMARTS) is 1. The molecule has 0 unspecified atom stereocenters. The quantitative estimate of drug-likeness (QED) is 0.337. The SMILES string of the molecule is CC(=O)N1CCN(c2ccc(C#N)cc2)CC1(C)C.CC(=O)OC(C)=O.CC1(C)CN(c2ccc(C#N)cc2)CCN1.O=C(O)C(F)(F)F. The van der Waals surface area contributed by atoms with E-state index in [4.69, 9.17) is 20.4 Å². The highest BCUT2D eigenvalue weighted by molar-refractivity contribution is 5.82. The van der Waals surface area contributed by atoms with Crippen LogP contribution in [-0.2, 0) is 23.9 Å². The molecule has 0 aliphatic carbocycles. The van der Waals surface area contributed by atoms with E-state index < -0.39 is 24.1 Å². The Labute approximate surface area is 284 Å². The van der Waals surface area contributed by atoms with Crippen molar-refractivity contribution < 1.29 is 42.2 Å². The number of nitriles is 2. The number of esters is 2. The van der Waals surface area contributed by atoms with Gasteiger partial charge < -0.3 is 29.9 Å². The van der Waals surface area contributed by atoms with Gasteiger partial charge in [0.25, 0.3) is 0 Å². The number of piperazine rings is 2. The molecule has 2 aromatic carbocycles. The van der Waals surface area contributed by atoms with Crippen LogP contribution in [0.4, 0.5) is 24.5 Å². The van der Waals surface area contributed by atoms with E-state index in [1.165, 1.54) is 19.5 Å². The van der Waals surface area contributed by atoms with Crippen molar-refractivity contribution in [3.8, 4) is 12.1 Å². The molecule has 2 aliphatic heterocycles. The minimum Gasteiger partial charge on any atom is -0.475 e. The monoisotopic (exact) mass is 688 g/mol. The molecule has 2 heterocycles. The number of nitrogens with zero attached hydrogens (tertiary/aromatic N) is 5. The van der Waals surface area contributed by atoms with Crippen molar-refractivity contribution in [1.82, 2.24) is 10.2 Å². The molecule has 12 nitrogen and oxygen atoms in total. The average Bonchev–Trinajstić information content (AvgIpc) is 3.00. The fourth-order valence-corrected chi connectivity index (χ4v) is 5.02. The van der Waals surface area contributed by atoms with Crippen molar-refractivity contribution in [1.29, 1.82) is 10.5 Å². The number of amides is 1. The van der Waals surface area contributed by atoms with Gasteiger partial charge in [0.05, 0.1) is 28.8 Å². The normalized spacial score (nSPS) is 16.0. The summed E-state index contributed by atoms with van der Waals surface area (Å²) < 4.78 is 35.7. The van der Waals surface area contributed by atoms with Gasteiger partial charge >= 0.3 is 24.1 Å². The fourth-order valence-electron chi connectivity index (χ4n) is 5.02. The first-order valence-electron chi connectivity index (χ1n) is 15.1. The number of hydrogen-bond acceptors (Lipinski definition) is 10. The lowest BCUT2D eigenvalue weighted by Crippen LogP contribution is -2.60. The molecule has 0 saturated carbocycles. The molecule has 15 heteroatoms. The Morgan fingerprint density at radius 2 is 1.18 bits per heavy atom. The maximum atomic E-state index is 11.6. The summed E-state index contributed by atoms with van der Waals surface area (Å²) in [6, 6.07) is 19.7. The summed E-state index contributed by atoms with van der Waals surface area (Å²) in [5.41, 5.74) is 3.69. The van der Waals surface area contributed by atoms with Crippen molar-refractivity contribution in [2.75, 3.05) is 49.1 Å². The molecule has 2 aliphatic rings. The van der Waals surface area contributed by atoms with E-state index in [1.54, 1.807) is 6.92 Å². The van der Waals surface area contributed by atoms with Gasteiger partial charge in [0, 0.05) is 77.0 Å². The van der Waals surface area contributed by atoms with E-state index in [1.807, 2.05) is 53.4 Å². The lowest BCUT2D eigenvalue weighted by Gasteiger charge is -2.47. The molecule has 2 N–H and O–H groups in total. The zero-order valence-corrected chi connectivity index (χ0v) is 28.7. The molecule has 0 aromatic heterocycles. The van der Waals surface area contributed by atoms with Crippen molar-refractivity contribution in [2.24, 2.45) is 0 Å². The minimum absolute atomic E-state index is 0.129. The van der Waals surface area contributed by atoms with Crippen LogP contribution in [0.15, 0.2) is 48.5 Å². The molecule has 2 saturated heterocycles. The third-order valence-corrected chi connectivity index (χ3v) is 7.11. The van der Waals surface area contributed by atoms with Crippen LogP contribution in [0.3, 0.4) is 0 Å². The van der Waals surface area contributed by atoms with Crippen LogP contribution < -0.4 is 15.1 Å². The van der Waals surface area contributed by atoms with Gasteiger partial charge in [-0.25, -0.2) is 4.79 Å². The lowest BCUT2D eigenvalue weighted by atomic mass is 9.98. The van der Waals surface area contributed by atoms with E-state index >= 15 is 0 Å². The molecule has 0 atom stereocenters. The topological polar surface area (TPSA) is 167 Å². The molecule has 4 rings (SSSR count). The number of carboxylic acids is 1. The summed E-state index contributed by atoms with van der Waals surface area (Å²) in [5, 5.41) is 28.2. The van der Waals surface area contributed by atoms with Crippen molar-refractivity contribution in [3.63, 3.8) is 0 Å². The van der Waals surface area contributed by atoms with Crippen LogP contribution in [0, 0.1) is 22.7 Å². The summed E-state index contributed by atoms with van der Waals surface area (Å²) in [4.78, 5) is 46.7. The zero-order valence-electron chi connectivity index (χ0n) is 28.7. The summed E-state index contributed by atoms with van der Waals surface area (Å²) >= 11 is 0. The predicted octanol–water partition coefficient (Wildman–Crippen LogP) is 4.48. The predicted molar refractivity (Wildman–Crippen MR) is 176 cm³/mol. The minimum atomic E-state index is -5.08. The molecule has 266 valence electrons. The van der Waals surface area contributed by atoms with E-state index in [0.29, 0.717) is 5.56 Å². The molecule has 0 bridgehead atoms. The van der Waals surface area contributed by atoms with E-state index in [2.05, 4.69) is 59.7 Å². The van der Waals surface area contributed by atoms with Gasteiger partial charge in [-0.2, -0.15) is 23.7 Å². The van der Waals surface area contributed by atoms with E-state index in [-0.39, 0.29) is 17.0 Å². The molecule has 0 spiro atoms. The second kappa shape index (κ2) is 18.4. The van der Waals surface area contributed by atoms with Crippen LogP contribution in [-0.4, -0.2) is 90.3 Å². The fraction of sp³-hybridized carbons (Fsp3) is 0.471. The molecule has 2 aromatic rings. The number of carbonyl (C=O) groups is 4. The first-order chi connectivity index (χ1) is 22.6. The number of ether oxygens (including phenoxy) is 1. The first kappa shape index (κ1) is 41.9. The lowest BCUT2D eigenvalue weighted by molar-refractivity contribution is -0.192. The summed E-state index contributed by atoms with van der Waals surface area (Å²) in [6.45, 7) is 18.0. The Bertz CT molecular complexity index is 1500. The van der Waals surface area contributed by atoms with Crippen molar-refractivity contribution in [2.45, 2.75) is 65.7 Å². The van der Waals surface area contributed by atoms with Crippen LogP contribution in [0.5, 0.6) is 0 Å². The maximum absolute atomic E-state index is 11.6. The van der Waals surface area contributed by atoms with E-state index in [9.17, 15) is 27.6 Å². The Morgan fingerprint density at radius 1 is 0.776 bits per heavy atom. The van der Waals surface area contributed by atoms with Crippen molar-refractivity contribution >= 4 is 35.2 Å². The van der Waals surface area contributed by atoms with Gasteiger partial charge in [0.1, 0.15) is 0 Å². The van der Waals surface area contributed by atoms with Crippen LogP contribution in [0.2, 0.25) is 0 Å². The molecular formula is C34H43F3N6O6. The van der Waals surface area contributed by atoms with Gasteiger partial charge in [-0.05, 0) is 76.2 Å². The number of rotatable bonds is 2. The van der Waals surface area contributed by atoms with Gasteiger partial charge in [-0.15, -0.1) is 0 Å². The second-order valence-electron chi connectivity index (χ2n) is 12.3. The standard InChI is InChI=1S/C15H19N3O.C13H17N3.C4H6O3.C2HF3O2/c1-12(19)18-9-8-17(11-15(18,2)3)14-6-4-13(10-16)5-7-14;1-13(2)10-16(8-7-15-13)12-5-3-11(9-14)4-6-12;1-3(5)7-4(2)6;3-2(4,5)1(6)7/h4-7H,8-9,11H2,1-3H3;3-6,15H,7-8,10H2,1-2H3;1-2H3;(H,6,7). The molecular weight excluding hydrogens is 645 g/mol. The van der Waals surface area contributed by atoms with Gasteiger partial charge in [-0.1, -0.05) is 0 Å². The number of nitrogens with one attached hydrogen (secondary N) is 1. The number of aliphatic carboxylic acids is 1. The number of carbonyl (C=O) groups excluding carboxylic acids is 3. The highest BCUT2D eigenvalue weighted by Gasteiger charge is 2.38. The first-order valence-corrected chi connectivity index (χ1v) is 15.1. The number of hydrogen-bond donors (Lipinski definition) is 2. The van der Waals surface area contributed by atoms with Crippen LogP contribution in [0.25, 0.3) is 0 Å². The van der Waals surface area contributed by atoms with Crippen molar-refractivity contribution in [3.05, 3.63) is 59.7 Å². The molecule has 2 fully saturated rings. The van der Waals surface area contributed by atoms with Gasteiger partial charge in [0.15, 0.2) is 0 Å². The third kappa shape index (κ3) is 15.1. The van der Waals surface area contributed by atoms with Crippen LogP contribution in [0.1, 0.15) is 59.6 Å². The van der Waals surface area contributed by atoms with Crippen LogP contribution >= 0.6 is 0 Å². The third-order valence-electron chi connectivity index (χ3n) is 7.11. The highest BCUT2D eigenvalue weighted by Crippen LogP contribution is 2.26. The summed E-state index contributed by atoms with van der Waals surface area (Å²) in [6.07, 6.45) is -5.08. The molecule has 49 heavy (non-hydrogen) atoms. The second-order valence-corrected chi connectivity index (χ2v) is 12.3. The molecule has 1 amide bonds. The maximum Gasteiger partial charge on any atom is 0.490 e. The largest absolute Gasteiger partial charge is 0.490 e. The Balaban J connectivity index is 0.000000360. The van der Waals surface area contributed by atoms with Gasteiger partial charge in [-0.3, -0.25) is 14.4 Å². The van der Waals surface area contributed by atoms with E-state index in [0.717, 1.165) is 50.5 Å². The smallest absolute Gasteiger partial charge is 0.475 e. The van der Waals surface area contributed by atoms with Gasteiger partial charge in [0.2, 0.25) is 5.91 Å². The highest BCUT2D eigenvalue weighted by atomic mass is 19.4. The summed E-state index contributed by atoms with van der Waals surface area (Å²) in [7, 11) is 0. The average molecular weight is 689 g/mol. The number of halogens is 3. The Kier molecular flexibility index (Phi) is 15.7. The Hall–Kier alpha value is -5.15. The zero-order chi connectivity index (χ0) is 37.6. The Morgan fingerprint density at radius 3 is 1.47 bits per heavy atom. The number of benzene rings is 2. The molecule has 0 radical (unpaired) electrons.